The second-order valence-corrected chi connectivity index (χ2v) is 10.9. The molecule has 0 aliphatic rings. The van der Waals surface area contributed by atoms with Crippen molar-refractivity contribution in [2.75, 3.05) is 0 Å². The van der Waals surface area contributed by atoms with Crippen molar-refractivity contribution in [1.29, 1.82) is 0 Å². The Morgan fingerprint density at radius 2 is 1.38 bits per heavy atom. The van der Waals surface area contributed by atoms with Crippen LogP contribution in [0.4, 0.5) is 5.69 Å². The van der Waals surface area contributed by atoms with Crippen LogP contribution in [-0.4, -0.2) is 16.4 Å². The lowest BCUT2D eigenvalue weighted by Crippen LogP contribution is -1.99. The fourth-order valence-electron chi connectivity index (χ4n) is 5.09. The first kappa shape index (κ1) is 27.9. The standard InChI is InChI=1S/C36H39NO2/c1-23(2)29-16-11-17-30(24(3)4)35(29)28-20-27-14-10-18-32(36(27)34(39)21-28)37-22-25(5)12-9-13-26(6)31-15-7-8-19-33(31)38/h7-24,26,38-39H,1-6H3/b13-9-,25-12+,37-22?. The van der Waals surface area contributed by atoms with Crippen LogP contribution in [-0.2, 0) is 0 Å². The number of allylic oxidation sites excluding steroid dienone is 4. The van der Waals surface area contributed by atoms with E-state index in [1.165, 1.54) is 16.7 Å². The van der Waals surface area contributed by atoms with E-state index < -0.39 is 0 Å². The Balaban J connectivity index is 1.65. The molecule has 0 saturated heterocycles. The van der Waals surface area contributed by atoms with Gasteiger partial charge in [-0.2, -0.15) is 0 Å². The molecule has 200 valence electrons. The summed E-state index contributed by atoms with van der Waals surface area (Å²) in [5, 5.41) is 23.0. The van der Waals surface area contributed by atoms with Gasteiger partial charge in [-0.1, -0.05) is 101 Å². The third-order valence-corrected chi connectivity index (χ3v) is 7.19. The summed E-state index contributed by atoms with van der Waals surface area (Å²) < 4.78 is 0. The second kappa shape index (κ2) is 12.2. The minimum atomic E-state index is 0.0911. The van der Waals surface area contributed by atoms with Crippen LogP contribution in [0.1, 0.15) is 76.0 Å². The molecule has 39 heavy (non-hydrogen) atoms. The van der Waals surface area contributed by atoms with Gasteiger partial charge >= 0.3 is 0 Å². The van der Waals surface area contributed by atoms with E-state index in [9.17, 15) is 10.2 Å². The SMILES string of the molecule is C/C(C=Nc1cccc2cc(-c3c(C(C)C)cccc3C(C)C)cc(O)c12)=C\C=C/C(C)c1ccccc1O. The van der Waals surface area contributed by atoms with Gasteiger partial charge in [0, 0.05) is 23.1 Å². The number of phenols is 2. The zero-order valence-corrected chi connectivity index (χ0v) is 23.8. The summed E-state index contributed by atoms with van der Waals surface area (Å²) >= 11 is 0. The van der Waals surface area contributed by atoms with E-state index in [4.69, 9.17) is 4.99 Å². The molecule has 1 unspecified atom stereocenters. The van der Waals surface area contributed by atoms with Crippen molar-refractivity contribution in [3.05, 3.63) is 113 Å². The minimum absolute atomic E-state index is 0.0911. The van der Waals surface area contributed by atoms with E-state index in [2.05, 4.69) is 65.0 Å². The molecule has 4 aromatic rings. The summed E-state index contributed by atoms with van der Waals surface area (Å²) in [6, 6.07) is 24.0. The number of aromatic hydroxyl groups is 2. The van der Waals surface area contributed by atoms with Crippen molar-refractivity contribution in [3.63, 3.8) is 0 Å². The molecular weight excluding hydrogens is 478 g/mol. The van der Waals surface area contributed by atoms with Crippen LogP contribution in [0.25, 0.3) is 21.9 Å². The van der Waals surface area contributed by atoms with Crippen LogP contribution < -0.4 is 0 Å². The van der Waals surface area contributed by atoms with Crippen molar-refractivity contribution in [1.82, 2.24) is 0 Å². The first-order chi connectivity index (χ1) is 18.7. The maximum absolute atomic E-state index is 11.2. The summed E-state index contributed by atoms with van der Waals surface area (Å²) in [4.78, 5) is 4.73. The molecule has 4 rings (SSSR count). The number of benzene rings is 4. The topological polar surface area (TPSA) is 52.8 Å². The maximum Gasteiger partial charge on any atom is 0.126 e. The Morgan fingerprint density at radius 1 is 0.744 bits per heavy atom. The lowest BCUT2D eigenvalue weighted by atomic mass is 9.84. The fourth-order valence-corrected chi connectivity index (χ4v) is 5.09. The van der Waals surface area contributed by atoms with Crippen LogP contribution in [0, 0.1) is 0 Å². The molecular formula is C36H39NO2. The van der Waals surface area contributed by atoms with Gasteiger partial charge in [0.25, 0.3) is 0 Å². The van der Waals surface area contributed by atoms with E-state index in [0.29, 0.717) is 17.6 Å². The molecule has 0 fully saturated rings. The van der Waals surface area contributed by atoms with E-state index in [1.54, 1.807) is 6.07 Å². The van der Waals surface area contributed by atoms with Crippen LogP contribution in [0.2, 0.25) is 0 Å². The molecule has 0 bridgehead atoms. The molecule has 0 aliphatic carbocycles. The van der Waals surface area contributed by atoms with Crippen molar-refractivity contribution < 1.29 is 10.2 Å². The summed E-state index contributed by atoms with van der Waals surface area (Å²) in [6.45, 7) is 12.9. The largest absolute Gasteiger partial charge is 0.508 e. The van der Waals surface area contributed by atoms with E-state index in [0.717, 1.165) is 33.2 Å². The average Bonchev–Trinajstić information content (AvgIpc) is 2.91. The normalized spacial score (nSPS) is 13.4. The lowest BCUT2D eigenvalue weighted by molar-refractivity contribution is 0.466. The Morgan fingerprint density at radius 3 is 2.05 bits per heavy atom. The molecule has 0 radical (unpaired) electrons. The summed E-state index contributed by atoms with van der Waals surface area (Å²) in [5.74, 6) is 1.38. The highest BCUT2D eigenvalue weighted by atomic mass is 16.3. The molecule has 0 spiro atoms. The van der Waals surface area contributed by atoms with Gasteiger partial charge in [0.2, 0.25) is 0 Å². The van der Waals surface area contributed by atoms with Crippen LogP contribution in [0.3, 0.4) is 0 Å². The molecule has 0 heterocycles. The predicted octanol–water partition coefficient (Wildman–Crippen LogP) is 10.2. The van der Waals surface area contributed by atoms with Crippen LogP contribution >= 0.6 is 0 Å². The molecule has 1 atom stereocenters. The average molecular weight is 518 g/mol. The van der Waals surface area contributed by atoms with Gasteiger partial charge in [-0.25, -0.2) is 0 Å². The molecule has 4 aromatic carbocycles. The van der Waals surface area contributed by atoms with Crippen LogP contribution in [0.5, 0.6) is 11.5 Å². The van der Waals surface area contributed by atoms with Gasteiger partial charge in [0.05, 0.1) is 5.69 Å². The summed E-state index contributed by atoms with van der Waals surface area (Å²) in [7, 11) is 0. The minimum Gasteiger partial charge on any atom is -0.508 e. The zero-order chi connectivity index (χ0) is 28.1. The second-order valence-electron chi connectivity index (χ2n) is 10.9. The third-order valence-electron chi connectivity index (χ3n) is 7.19. The number of phenolic OH excluding ortho intramolecular Hbond substituents is 2. The van der Waals surface area contributed by atoms with Crippen molar-refractivity contribution in [2.45, 2.75) is 59.3 Å². The van der Waals surface area contributed by atoms with Gasteiger partial charge < -0.3 is 10.2 Å². The van der Waals surface area contributed by atoms with Crippen molar-refractivity contribution in [2.24, 2.45) is 4.99 Å². The Bertz CT molecular complexity index is 1530. The number of aliphatic imine (C=N–C) groups is 1. The molecule has 0 amide bonds. The molecule has 3 nitrogen and oxygen atoms in total. The first-order valence-corrected chi connectivity index (χ1v) is 13.7. The highest BCUT2D eigenvalue weighted by Crippen LogP contribution is 2.42. The lowest BCUT2D eigenvalue weighted by Gasteiger charge is -2.20. The fraction of sp³-hybridized carbons (Fsp3) is 0.250. The molecule has 2 N–H and O–H groups in total. The quantitative estimate of drug-likeness (QED) is 0.180. The highest BCUT2D eigenvalue weighted by Gasteiger charge is 2.17. The molecule has 0 saturated carbocycles. The van der Waals surface area contributed by atoms with E-state index in [1.807, 2.05) is 67.8 Å². The summed E-state index contributed by atoms with van der Waals surface area (Å²) in [6.07, 6.45) is 7.86. The number of para-hydroxylation sites is 1. The molecule has 0 aliphatic heterocycles. The van der Waals surface area contributed by atoms with Crippen LogP contribution in [0.15, 0.2) is 102 Å². The highest BCUT2D eigenvalue weighted by molar-refractivity contribution is 6.01. The van der Waals surface area contributed by atoms with Crippen molar-refractivity contribution in [3.8, 4) is 22.6 Å². The monoisotopic (exact) mass is 517 g/mol. The van der Waals surface area contributed by atoms with E-state index >= 15 is 0 Å². The van der Waals surface area contributed by atoms with Gasteiger partial charge in [0.1, 0.15) is 11.5 Å². The van der Waals surface area contributed by atoms with Gasteiger partial charge in [-0.3, -0.25) is 4.99 Å². The third kappa shape index (κ3) is 6.31. The maximum atomic E-state index is 11.2. The van der Waals surface area contributed by atoms with Crippen molar-refractivity contribution >= 4 is 22.7 Å². The Labute approximate surface area is 232 Å². The number of rotatable bonds is 8. The smallest absolute Gasteiger partial charge is 0.126 e. The number of nitrogens with zero attached hydrogens (tertiary/aromatic N) is 1. The zero-order valence-electron chi connectivity index (χ0n) is 23.8. The van der Waals surface area contributed by atoms with Gasteiger partial charge in [-0.05, 0) is 76.2 Å². The Hall–Kier alpha value is -4.11. The predicted molar refractivity (Wildman–Crippen MR) is 167 cm³/mol. The Kier molecular flexibility index (Phi) is 8.71. The summed E-state index contributed by atoms with van der Waals surface area (Å²) in [5.41, 5.74) is 7.45. The number of hydrogen-bond donors (Lipinski definition) is 2. The van der Waals surface area contributed by atoms with E-state index in [-0.39, 0.29) is 11.7 Å². The number of hydrogen-bond acceptors (Lipinski definition) is 3. The molecule has 3 heteroatoms. The molecule has 0 aromatic heterocycles. The van der Waals surface area contributed by atoms with Gasteiger partial charge in [-0.15, -0.1) is 0 Å². The van der Waals surface area contributed by atoms with Gasteiger partial charge in [0.15, 0.2) is 0 Å². The first-order valence-electron chi connectivity index (χ1n) is 13.7. The number of fused-ring (bicyclic) bond motifs is 1.